The Morgan fingerprint density at radius 2 is 1.88 bits per heavy atom. The highest BCUT2D eigenvalue weighted by Crippen LogP contribution is 2.50. The summed E-state index contributed by atoms with van der Waals surface area (Å²) in [6, 6.07) is 6.98. The number of nitrogens with zero attached hydrogens (tertiary/aromatic N) is 1. The van der Waals surface area contributed by atoms with Crippen molar-refractivity contribution in [3.63, 3.8) is 0 Å². The number of aliphatic hydroxyl groups excluding tert-OH is 1. The number of likely N-dealkylation sites (N-methyl/N-ethyl adjacent to an activating group) is 1. The predicted octanol–water partition coefficient (Wildman–Crippen LogP) is 3.89. The van der Waals surface area contributed by atoms with Crippen LogP contribution in [0.4, 0.5) is 0 Å². The highest BCUT2D eigenvalue weighted by Gasteiger charge is 2.50. The third-order valence-corrected chi connectivity index (χ3v) is 7.08. The van der Waals surface area contributed by atoms with Gasteiger partial charge in [-0.1, -0.05) is 12.5 Å². The fraction of sp³-hybridized carbons (Fsp3) is 0.727. The van der Waals surface area contributed by atoms with Crippen LogP contribution in [-0.4, -0.2) is 49.0 Å². The monoisotopic (exact) mass is 359 g/mol. The SMILES string of the molecule is COc1ccc([C@@]23CC[C@@H](O)C[C@@H]2N(C)CC3)cc1OC1CCCCC1. The van der Waals surface area contributed by atoms with Gasteiger partial charge in [0.25, 0.3) is 0 Å². The second-order valence-electron chi connectivity index (χ2n) is 8.57. The molecular weight excluding hydrogens is 326 g/mol. The summed E-state index contributed by atoms with van der Waals surface area (Å²) in [5, 5.41) is 10.2. The fourth-order valence-corrected chi connectivity index (χ4v) is 5.54. The maximum absolute atomic E-state index is 10.2. The fourth-order valence-electron chi connectivity index (χ4n) is 5.54. The number of fused-ring (bicyclic) bond motifs is 1. The van der Waals surface area contributed by atoms with Crippen molar-refractivity contribution in [1.29, 1.82) is 0 Å². The van der Waals surface area contributed by atoms with E-state index in [1.54, 1.807) is 7.11 Å². The molecular formula is C22H33NO3. The maximum Gasteiger partial charge on any atom is 0.161 e. The van der Waals surface area contributed by atoms with E-state index in [1.807, 2.05) is 0 Å². The van der Waals surface area contributed by atoms with Gasteiger partial charge in [0, 0.05) is 11.5 Å². The number of benzene rings is 1. The molecule has 1 saturated heterocycles. The summed E-state index contributed by atoms with van der Waals surface area (Å²) in [4.78, 5) is 2.44. The van der Waals surface area contributed by atoms with Crippen molar-refractivity contribution in [2.75, 3.05) is 20.7 Å². The van der Waals surface area contributed by atoms with E-state index in [-0.39, 0.29) is 11.5 Å². The molecule has 4 heteroatoms. The van der Waals surface area contributed by atoms with Gasteiger partial charge >= 0.3 is 0 Å². The summed E-state index contributed by atoms with van der Waals surface area (Å²) in [7, 11) is 3.93. The lowest BCUT2D eigenvalue weighted by Crippen LogP contribution is -2.47. The van der Waals surface area contributed by atoms with Crippen molar-refractivity contribution in [1.82, 2.24) is 4.90 Å². The first-order chi connectivity index (χ1) is 12.6. The van der Waals surface area contributed by atoms with Crippen LogP contribution in [0.1, 0.15) is 63.4 Å². The number of hydrogen-bond acceptors (Lipinski definition) is 4. The molecule has 1 N–H and O–H groups in total. The molecule has 2 aliphatic carbocycles. The van der Waals surface area contributed by atoms with Crippen LogP contribution in [0.25, 0.3) is 0 Å². The molecule has 3 fully saturated rings. The number of aliphatic hydroxyl groups is 1. The number of hydrogen-bond donors (Lipinski definition) is 1. The maximum atomic E-state index is 10.2. The van der Waals surface area contributed by atoms with Gasteiger partial charge in [0.1, 0.15) is 0 Å². The van der Waals surface area contributed by atoms with Gasteiger partial charge < -0.3 is 19.5 Å². The van der Waals surface area contributed by atoms with Gasteiger partial charge in [-0.2, -0.15) is 0 Å². The largest absolute Gasteiger partial charge is 0.493 e. The molecule has 4 rings (SSSR count). The van der Waals surface area contributed by atoms with E-state index in [4.69, 9.17) is 9.47 Å². The Hall–Kier alpha value is -1.26. The van der Waals surface area contributed by atoms with Crippen LogP contribution >= 0.6 is 0 Å². The summed E-state index contributed by atoms with van der Waals surface area (Å²) in [5.41, 5.74) is 1.51. The van der Waals surface area contributed by atoms with Gasteiger partial charge in [-0.05, 0) is 82.7 Å². The summed E-state index contributed by atoms with van der Waals surface area (Å²) >= 11 is 0. The molecule has 0 radical (unpaired) electrons. The highest BCUT2D eigenvalue weighted by atomic mass is 16.5. The highest BCUT2D eigenvalue weighted by molar-refractivity contribution is 5.46. The van der Waals surface area contributed by atoms with E-state index >= 15 is 0 Å². The number of rotatable bonds is 4. The van der Waals surface area contributed by atoms with Crippen LogP contribution in [0.3, 0.4) is 0 Å². The number of methoxy groups -OCH3 is 1. The lowest BCUT2D eigenvalue weighted by molar-refractivity contribution is 0.0565. The van der Waals surface area contributed by atoms with Crippen molar-refractivity contribution >= 4 is 0 Å². The molecule has 2 saturated carbocycles. The van der Waals surface area contributed by atoms with Crippen molar-refractivity contribution in [2.45, 2.75) is 81.5 Å². The average molecular weight is 360 g/mol. The summed E-state index contributed by atoms with van der Waals surface area (Å²) < 4.78 is 12.0. The van der Waals surface area contributed by atoms with Crippen molar-refractivity contribution < 1.29 is 14.6 Å². The summed E-state index contributed by atoms with van der Waals surface area (Å²) in [6.45, 7) is 1.10. The third kappa shape index (κ3) is 3.22. The van der Waals surface area contributed by atoms with Gasteiger partial charge in [-0.25, -0.2) is 0 Å². The molecule has 26 heavy (non-hydrogen) atoms. The lowest BCUT2D eigenvalue weighted by atomic mass is 9.65. The van der Waals surface area contributed by atoms with E-state index in [9.17, 15) is 5.11 Å². The lowest BCUT2D eigenvalue weighted by Gasteiger charge is -2.43. The molecule has 144 valence electrons. The van der Waals surface area contributed by atoms with Crippen molar-refractivity contribution in [2.24, 2.45) is 0 Å². The molecule has 4 nitrogen and oxygen atoms in total. The molecule has 3 aliphatic rings. The van der Waals surface area contributed by atoms with E-state index in [2.05, 4.69) is 30.1 Å². The standard InChI is InChI=1S/C22H33NO3/c1-23-13-12-22(11-10-17(24)15-21(22)23)16-8-9-19(25-2)20(14-16)26-18-6-4-3-5-7-18/h8-9,14,17-18,21,24H,3-7,10-13,15H2,1-2H3/t17-,21+,22+/m1/s1. The Morgan fingerprint density at radius 3 is 2.65 bits per heavy atom. The van der Waals surface area contributed by atoms with Gasteiger partial charge in [0.2, 0.25) is 0 Å². The Morgan fingerprint density at radius 1 is 1.08 bits per heavy atom. The Kier molecular flexibility index (Phi) is 5.15. The van der Waals surface area contributed by atoms with Gasteiger partial charge in [-0.15, -0.1) is 0 Å². The van der Waals surface area contributed by atoms with E-state index in [0.717, 1.165) is 56.6 Å². The molecule has 0 spiro atoms. The van der Waals surface area contributed by atoms with Crippen LogP contribution in [0.5, 0.6) is 11.5 Å². The Balaban J connectivity index is 1.64. The predicted molar refractivity (Wildman–Crippen MR) is 103 cm³/mol. The van der Waals surface area contributed by atoms with E-state index in [1.165, 1.54) is 24.8 Å². The molecule has 0 unspecified atom stereocenters. The third-order valence-electron chi connectivity index (χ3n) is 7.08. The topological polar surface area (TPSA) is 41.9 Å². The minimum Gasteiger partial charge on any atom is -0.493 e. The minimum atomic E-state index is -0.162. The molecule has 0 amide bonds. The smallest absolute Gasteiger partial charge is 0.161 e. The van der Waals surface area contributed by atoms with Crippen LogP contribution in [-0.2, 0) is 5.41 Å². The second-order valence-corrected chi connectivity index (χ2v) is 8.57. The first-order valence-electron chi connectivity index (χ1n) is 10.4. The van der Waals surface area contributed by atoms with Crippen LogP contribution in [0.15, 0.2) is 18.2 Å². The first-order valence-corrected chi connectivity index (χ1v) is 10.4. The van der Waals surface area contributed by atoms with Crippen LogP contribution in [0, 0.1) is 0 Å². The van der Waals surface area contributed by atoms with Crippen LogP contribution < -0.4 is 9.47 Å². The quantitative estimate of drug-likeness (QED) is 0.885. The average Bonchev–Trinajstić information content (AvgIpc) is 3.00. The Bertz CT molecular complexity index is 628. The van der Waals surface area contributed by atoms with E-state index < -0.39 is 0 Å². The first kappa shape index (κ1) is 18.1. The van der Waals surface area contributed by atoms with Gasteiger partial charge in [-0.3, -0.25) is 0 Å². The molecule has 1 heterocycles. The zero-order valence-corrected chi connectivity index (χ0v) is 16.2. The molecule has 0 bridgehead atoms. The number of ether oxygens (including phenoxy) is 2. The molecule has 3 atom stereocenters. The van der Waals surface area contributed by atoms with Crippen LogP contribution in [0.2, 0.25) is 0 Å². The summed E-state index contributed by atoms with van der Waals surface area (Å²) in [6.07, 6.45) is 10.3. The van der Waals surface area contributed by atoms with Gasteiger partial charge in [0.05, 0.1) is 19.3 Å². The normalized spacial score (nSPS) is 33.0. The molecule has 1 aliphatic heterocycles. The minimum absolute atomic E-state index is 0.144. The number of likely N-dealkylation sites (tertiary alicyclic amines) is 1. The zero-order valence-electron chi connectivity index (χ0n) is 16.2. The second kappa shape index (κ2) is 7.40. The van der Waals surface area contributed by atoms with Gasteiger partial charge in [0.15, 0.2) is 11.5 Å². The van der Waals surface area contributed by atoms with E-state index in [0.29, 0.717) is 12.1 Å². The molecule has 0 aromatic heterocycles. The Labute approximate surface area is 157 Å². The molecule has 1 aromatic carbocycles. The van der Waals surface area contributed by atoms with Crippen molar-refractivity contribution in [3.8, 4) is 11.5 Å². The summed E-state index contributed by atoms with van der Waals surface area (Å²) in [5.74, 6) is 1.75. The zero-order chi connectivity index (χ0) is 18.1. The molecule has 1 aromatic rings. The van der Waals surface area contributed by atoms with Crippen molar-refractivity contribution in [3.05, 3.63) is 23.8 Å².